The molecule has 102 valence electrons. The number of nitrogens with one attached hydrogen (secondary N) is 1. The fraction of sp³-hybridized carbons (Fsp3) is 0.615. The van der Waals surface area contributed by atoms with E-state index in [1.165, 1.54) is 5.56 Å². The minimum absolute atomic E-state index is 0.0361. The largest absolute Gasteiger partial charge is 0.464 e. The minimum atomic E-state index is -0.302. The summed E-state index contributed by atoms with van der Waals surface area (Å²) in [5, 5.41) is 7.60. The van der Waals surface area contributed by atoms with E-state index in [1.807, 2.05) is 0 Å². The quantitative estimate of drug-likeness (QED) is 0.550. The van der Waals surface area contributed by atoms with Gasteiger partial charge in [0.25, 0.3) is 0 Å². The Morgan fingerprint density at radius 1 is 1.56 bits per heavy atom. The number of thiophene rings is 1. The van der Waals surface area contributed by atoms with Gasteiger partial charge in [0.2, 0.25) is 0 Å². The molecule has 0 saturated carbocycles. The maximum absolute atomic E-state index is 11.0. The number of esters is 1. The molecule has 0 aromatic carbocycles. The van der Waals surface area contributed by atoms with Gasteiger partial charge in [0.15, 0.2) is 0 Å². The highest BCUT2D eigenvalue weighted by molar-refractivity contribution is 7.07. The van der Waals surface area contributed by atoms with Gasteiger partial charge in [-0.25, -0.2) is 4.79 Å². The lowest BCUT2D eigenvalue weighted by atomic mass is 10.1. The number of hydrogen-bond donors (Lipinski definition) is 1. The number of ether oxygens (including phenoxy) is 2. The lowest BCUT2D eigenvalue weighted by Crippen LogP contribution is -2.31. The molecule has 18 heavy (non-hydrogen) atoms. The molecule has 1 atom stereocenters. The number of rotatable bonds is 9. The summed E-state index contributed by atoms with van der Waals surface area (Å²) in [6.07, 6.45) is 1.02. The standard InChI is InChI=1S/C13H21NO3S/c1-3-17-13(15)9-16-6-5-14-11(2)8-12-4-7-18-10-12/h4,7,10-11,14H,3,5-6,8-9H2,1-2H3. The summed E-state index contributed by atoms with van der Waals surface area (Å²) in [5.74, 6) is -0.302. The molecule has 0 saturated heterocycles. The van der Waals surface area contributed by atoms with Gasteiger partial charge in [0.1, 0.15) is 6.61 Å². The second-order valence-corrected chi connectivity index (χ2v) is 4.83. The zero-order chi connectivity index (χ0) is 13.2. The van der Waals surface area contributed by atoms with Crippen molar-refractivity contribution in [2.75, 3.05) is 26.4 Å². The molecule has 0 aliphatic carbocycles. The average Bonchev–Trinajstić information content (AvgIpc) is 2.81. The SMILES string of the molecule is CCOC(=O)COCCNC(C)Cc1ccsc1. The van der Waals surface area contributed by atoms with Crippen LogP contribution in [0.1, 0.15) is 19.4 Å². The summed E-state index contributed by atoms with van der Waals surface area (Å²) >= 11 is 1.72. The van der Waals surface area contributed by atoms with E-state index in [-0.39, 0.29) is 12.6 Å². The number of carbonyl (C=O) groups excluding carboxylic acids is 1. The zero-order valence-electron chi connectivity index (χ0n) is 11.0. The van der Waals surface area contributed by atoms with E-state index in [0.717, 1.165) is 13.0 Å². The van der Waals surface area contributed by atoms with Crippen molar-refractivity contribution in [1.82, 2.24) is 5.32 Å². The van der Waals surface area contributed by atoms with Gasteiger partial charge in [0, 0.05) is 12.6 Å². The van der Waals surface area contributed by atoms with Crippen LogP contribution in [0, 0.1) is 0 Å². The normalized spacial score (nSPS) is 12.3. The summed E-state index contributed by atoms with van der Waals surface area (Å²) < 4.78 is 9.96. The van der Waals surface area contributed by atoms with Crippen molar-refractivity contribution in [2.45, 2.75) is 26.3 Å². The molecule has 1 unspecified atom stereocenters. The highest BCUT2D eigenvalue weighted by Crippen LogP contribution is 2.08. The zero-order valence-corrected chi connectivity index (χ0v) is 11.8. The third kappa shape index (κ3) is 6.74. The van der Waals surface area contributed by atoms with Crippen LogP contribution >= 0.6 is 11.3 Å². The Morgan fingerprint density at radius 2 is 2.39 bits per heavy atom. The first-order valence-corrected chi connectivity index (χ1v) is 7.14. The van der Waals surface area contributed by atoms with Crippen LogP contribution in [0.15, 0.2) is 16.8 Å². The highest BCUT2D eigenvalue weighted by atomic mass is 32.1. The van der Waals surface area contributed by atoms with Crippen LogP contribution in [-0.4, -0.2) is 38.4 Å². The fourth-order valence-corrected chi connectivity index (χ4v) is 2.25. The molecule has 4 nitrogen and oxygen atoms in total. The maximum atomic E-state index is 11.0. The van der Waals surface area contributed by atoms with Gasteiger partial charge in [0.05, 0.1) is 13.2 Å². The lowest BCUT2D eigenvalue weighted by molar-refractivity contribution is -0.148. The van der Waals surface area contributed by atoms with Crippen LogP contribution < -0.4 is 5.32 Å². The van der Waals surface area contributed by atoms with Gasteiger partial charge in [-0.1, -0.05) is 0 Å². The van der Waals surface area contributed by atoms with Crippen molar-refractivity contribution in [3.8, 4) is 0 Å². The van der Waals surface area contributed by atoms with Crippen LogP contribution in [0.3, 0.4) is 0 Å². The first kappa shape index (κ1) is 15.1. The van der Waals surface area contributed by atoms with Crippen LogP contribution in [0.5, 0.6) is 0 Å². The van der Waals surface area contributed by atoms with E-state index in [9.17, 15) is 4.79 Å². The van der Waals surface area contributed by atoms with E-state index in [1.54, 1.807) is 18.3 Å². The fourth-order valence-electron chi connectivity index (χ4n) is 1.57. The summed E-state index contributed by atoms with van der Waals surface area (Å²) in [5.41, 5.74) is 1.35. The molecule has 1 aromatic rings. The summed E-state index contributed by atoms with van der Waals surface area (Å²) in [6.45, 7) is 5.62. The van der Waals surface area contributed by atoms with Gasteiger partial charge in [-0.15, -0.1) is 0 Å². The average molecular weight is 271 g/mol. The van der Waals surface area contributed by atoms with Crippen molar-refractivity contribution in [2.24, 2.45) is 0 Å². The maximum Gasteiger partial charge on any atom is 0.332 e. The molecule has 5 heteroatoms. The molecule has 0 fully saturated rings. The molecule has 0 aliphatic rings. The Hall–Kier alpha value is -0.910. The molecule has 0 amide bonds. The van der Waals surface area contributed by atoms with Gasteiger partial charge in [-0.3, -0.25) is 0 Å². The summed E-state index contributed by atoms with van der Waals surface area (Å²) in [7, 11) is 0. The van der Waals surface area contributed by atoms with E-state index in [2.05, 4.69) is 29.1 Å². The Morgan fingerprint density at radius 3 is 3.06 bits per heavy atom. The second kappa shape index (κ2) is 9.08. The van der Waals surface area contributed by atoms with Crippen molar-refractivity contribution < 1.29 is 14.3 Å². The van der Waals surface area contributed by atoms with E-state index in [0.29, 0.717) is 19.3 Å². The molecule has 1 N–H and O–H groups in total. The summed E-state index contributed by atoms with van der Waals surface area (Å²) in [4.78, 5) is 11.0. The van der Waals surface area contributed by atoms with E-state index >= 15 is 0 Å². The van der Waals surface area contributed by atoms with E-state index in [4.69, 9.17) is 9.47 Å². The number of hydrogen-bond acceptors (Lipinski definition) is 5. The van der Waals surface area contributed by atoms with Gasteiger partial charge in [-0.05, 0) is 42.7 Å². The molecular weight excluding hydrogens is 250 g/mol. The van der Waals surface area contributed by atoms with Crippen molar-refractivity contribution in [1.29, 1.82) is 0 Å². The smallest absolute Gasteiger partial charge is 0.332 e. The van der Waals surface area contributed by atoms with Crippen LogP contribution in [0.4, 0.5) is 0 Å². The van der Waals surface area contributed by atoms with Crippen LogP contribution in [-0.2, 0) is 20.7 Å². The van der Waals surface area contributed by atoms with Gasteiger partial charge in [-0.2, -0.15) is 11.3 Å². The van der Waals surface area contributed by atoms with Crippen LogP contribution in [0.2, 0.25) is 0 Å². The van der Waals surface area contributed by atoms with Crippen molar-refractivity contribution in [3.63, 3.8) is 0 Å². The lowest BCUT2D eigenvalue weighted by Gasteiger charge is -2.12. The predicted octanol–water partition coefficient (Wildman–Crippen LogP) is 1.85. The second-order valence-electron chi connectivity index (χ2n) is 4.05. The minimum Gasteiger partial charge on any atom is -0.464 e. The topological polar surface area (TPSA) is 47.6 Å². The molecular formula is C13H21NO3S. The van der Waals surface area contributed by atoms with Crippen LogP contribution in [0.25, 0.3) is 0 Å². The third-order valence-electron chi connectivity index (χ3n) is 2.39. The van der Waals surface area contributed by atoms with E-state index < -0.39 is 0 Å². The predicted molar refractivity (Wildman–Crippen MR) is 72.9 cm³/mol. The monoisotopic (exact) mass is 271 g/mol. The third-order valence-corrected chi connectivity index (χ3v) is 3.12. The van der Waals surface area contributed by atoms with Crippen molar-refractivity contribution in [3.05, 3.63) is 22.4 Å². The molecule has 0 aliphatic heterocycles. The van der Waals surface area contributed by atoms with Gasteiger partial charge < -0.3 is 14.8 Å². The highest BCUT2D eigenvalue weighted by Gasteiger charge is 2.04. The molecule has 0 radical (unpaired) electrons. The molecule has 1 heterocycles. The first-order chi connectivity index (χ1) is 8.72. The molecule has 0 spiro atoms. The first-order valence-electron chi connectivity index (χ1n) is 6.20. The number of carbonyl (C=O) groups is 1. The Kier molecular flexibility index (Phi) is 7.64. The Labute approximate surface area is 112 Å². The molecule has 0 bridgehead atoms. The summed E-state index contributed by atoms with van der Waals surface area (Å²) in [6, 6.07) is 2.55. The Bertz CT molecular complexity index is 327. The molecule has 1 rings (SSSR count). The van der Waals surface area contributed by atoms with Gasteiger partial charge >= 0.3 is 5.97 Å². The Balaban J connectivity index is 1.99. The van der Waals surface area contributed by atoms with Crippen molar-refractivity contribution >= 4 is 17.3 Å². The molecule has 1 aromatic heterocycles.